The van der Waals surface area contributed by atoms with Crippen LogP contribution in [0.5, 0.6) is 0 Å². The van der Waals surface area contributed by atoms with Gasteiger partial charge in [-0.15, -0.1) is 0 Å². The number of rotatable bonds is 1. The lowest BCUT2D eigenvalue weighted by atomic mass is 10.2. The SMILES string of the molecule is Cc1cc(Br)c2oc(-c3ccc(N)c(Cl)c3)nc2c1. The number of anilines is 1. The van der Waals surface area contributed by atoms with Crippen LogP contribution < -0.4 is 5.73 Å². The molecule has 19 heavy (non-hydrogen) atoms. The van der Waals surface area contributed by atoms with Crippen LogP contribution in [0.3, 0.4) is 0 Å². The first kappa shape index (κ1) is 12.5. The fourth-order valence-electron chi connectivity index (χ4n) is 1.91. The number of hydrogen-bond donors (Lipinski definition) is 1. The average molecular weight is 338 g/mol. The summed E-state index contributed by atoms with van der Waals surface area (Å²) in [4.78, 5) is 4.48. The standard InChI is InChI=1S/C14H10BrClN2O/c1-7-4-9(15)13-12(5-7)18-14(19-13)8-2-3-11(17)10(16)6-8/h2-6H,17H2,1H3. The number of aryl methyl sites for hydroxylation is 1. The van der Waals surface area contributed by atoms with Crippen molar-refractivity contribution in [3.05, 3.63) is 45.4 Å². The van der Waals surface area contributed by atoms with E-state index in [0.29, 0.717) is 16.6 Å². The Morgan fingerprint density at radius 2 is 2.05 bits per heavy atom. The van der Waals surface area contributed by atoms with Crippen molar-refractivity contribution in [1.29, 1.82) is 0 Å². The van der Waals surface area contributed by atoms with Crippen LogP contribution in [0.4, 0.5) is 5.69 Å². The predicted molar refractivity (Wildman–Crippen MR) is 81.3 cm³/mol. The summed E-state index contributed by atoms with van der Waals surface area (Å²) in [6.45, 7) is 2.01. The molecule has 0 amide bonds. The van der Waals surface area contributed by atoms with Crippen LogP contribution >= 0.6 is 27.5 Å². The lowest BCUT2D eigenvalue weighted by Crippen LogP contribution is -1.86. The van der Waals surface area contributed by atoms with E-state index in [-0.39, 0.29) is 0 Å². The van der Waals surface area contributed by atoms with E-state index in [2.05, 4.69) is 20.9 Å². The molecule has 0 spiro atoms. The van der Waals surface area contributed by atoms with Gasteiger partial charge in [0.25, 0.3) is 0 Å². The van der Waals surface area contributed by atoms with E-state index < -0.39 is 0 Å². The molecular weight excluding hydrogens is 328 g/mol. The zero-order valence-corrected chi connectivity index (χ0v) is 12.4. The molecule has 0 unspecified atom stereocenters. The summed E-state index contributed by atoms with van der Waals surface area (Å²) in [5.41, 5.74) is 9.71. The topological polar surface area (TPSA) is 52.0 Å². The minimum absolute atomic E-state index is 0.495. The molecule has 0 fully saturated rings. The van der Waals surface area contributed by atoms with Gasteiger partial charge in [-0.1, -0.05) is 11.6 Å². The zero-order chi connectivity index (χ0) is 13.6. The molecule has 0 saturated heterocycles. The molecule has 5 heteroatoms. The van der Waals surface area contributed by atoms with E-state index in [4.69, 9.17) is 21.8 Å². The fourth-order valence-corrected chi connectivity index (χ4v) is 2.73. The van der Waals surface area contributed by atoms with Gasteiger partial charge in [-0.3, -0.25) is 0 Å². The molecule has 3 nitrogen and oxygen atoms in total. The van der Waals surface area contributed by atoms with Gasteiger partial charge in [0.15, 0.2) is 5.58 Å². The summed E-state index contributed by atoms with van der Waals surface area (Å²) < 4.78 is 6.67. The maximum absolute atomic E-state index is 6.02. The minimum atomic E-state index is 0.495. The molecular formula is C14H10BrClN2O. The Hall–Kier alpha value is -1.52. The van der Waals surface area contributed by atoms with Crippen molar-refractivity contribution in [2.24, 2.45) is 0 Å². The molecule has 3 aromatic rings. The molecule has 0 aliphatic rings. The third kappa shape index (κ3) is 2.22. The summed E-state index contributed by atoms with van der Waals surface area (Å²) in [6, 6.07) is 9.31. The van der Waals surface area contributed by atoms with Gasteiger partial charge in [0, 0.05) is 5.56 Å². The predicted octanol–water partition coefficient (Wildman–Crippen LogP) is 4.80. The van der Waals surface area contributed by atoms with Crippen molar-refractivity contribution in [2.75, 3.05) is 5.73 Å². The van der Waals surface area contributed by atoms with Gasteiger partial charge in [-0.25, -0.2) is 4.98 Å². The fraction of sp³-hybridized carbons (Fsp3) is 0.0714. The minimum Gasteiger partial charge on any atom is -0.435 e. The lowest BCUT2D eigenvalue weighted by molar-refractivity contribution is 0.618. The molecule has 0 bridgehead atoms. The van der Waals surface area contributed by atoms with Crippen molar-refractivity contribution in [2.45, 2.75) is 6.92 Å². The number of halogens is 2. The average Bonchev–Trinajstić information content (AvgIpc) is 2.76. The quantitative estimate of drug-likeness (QED) is 0.649. The summed E-state index contributed by atoms with van der Waals surface area (Å²) in [5.74, 6) is 0.531. The van der Waals surface area contributed by atoms with Gasteiger partial charge in [0.05, 0.1) is 15.2 Å². The first-order valence-corrected chi connectivity index (χ1v) is 6.84. The van der Waals surface area contributed by atoms with Crippen LogP contribution in [-0.2, 0) is 0 Å². The van der Waals surface area contributed by atoms with Crippen LogP contribution in [0.2, 0.25) is 5.02 Å². The molecule has 0 aliphatic carbocycles. The lowest BCUT2D eigenvalue weighted by Gasteiger charge is -1.99. The number of aromatic nitrogens is 1. The molecule has 1 aromatic heterocycles. The first-order valence-electron chi connectivity index (χ1n) is 5.66. The number of oxazole rings is 1. The van der Waals surface area contributed by atoms with Crippen LogP contribution in [0.1, 0.15) is 5.56 Å². The molecule has 0 atom stereocenters. The van der Waals surface area contributed by atoms with Gasteiger partial charge >= 0.3 is 0 Å². The number of hydrogen-bond acceptors (Lipinski definition) is 3. The van der Waals surface area contributed by atoms with Gasteiger partial charge < -0.3 is 10.2 Å². The monoisotopic (exact) mass is 336 g/mol. The first-order chi connectivity index (χ1) is 9.04. The van der Waals surface area contributed by atoms with E-state index in [1.54, 1.807) is 12.1 Å². The van der Waals surface area contributed by atoms with E-state index in [1.807, 2.05) is 25.1 Å². The highest BCUT2D eigenvalue weighted by Gasteiger charge is 2.12. The van der Waals surface area contributed by atoms with E-state index in [0.717, 1.165) is 26.7 Å². The molecule has 2 aromatic carbocycles. The number of nitrogens with two attached hydrogens (primary N) is 1. The van der Waals surface area contributed by atoms with Crippen LogP contribution in [0, 0.1) is 6.92 Å². The zero-order valence-electron chi connectivity index (χ0n) is 10.1. The van der Waals surface area contributed by atoms with Crippen LogP contribution in [-0.4, -0.2) is 4.98 Å². The number of nitrogen functional groups attached to an aromatic ring is 1. The van der Waals surface area contributed by atoms with Crippen molar-refractivity contribution in [3.63, 3.8) is 0 Å². The van der Waals surface area contributed by atoms with E-state index in [1.165, 1.54) is 0 Å². The molecule has 1 heterocycles. The van der Waals surface area contributed by atoms with E-state index in [9.17, 15) is 0 Å². The Labute approximate surface area is 123 Å². The normalized spacial score (nSPS) is 11.1. The van der Waals surface area contributed by atoms with Gasteiger partial charge in [0.2, 0.25) is 5.89 Å². The molecule has 3 rings (SSSR count). The highest BCUT2D eigenvalue weighted by molar-refractivity contribution is 9.10. The third-order valence-corrected chi connectivity index (χ3v) is 3.75. The molecule has 2 N–H and O–H groups in total. The second-order valence-corrected chi connectivity index (χ2v) is 5.61. The van der Waals surface area contributed by atoms with Gasteiger partial charge in [-0.05, 0) is 58.7 Å². The molecule has 96 valence electrons. The van der Waals surface area contributed by atoms with Crippen LogP contribution in [0.25, 0.3) is 22.6 Å². The Kier molecular flexibility index (Phi) is 2.99. The summed E-state index contributed by atoms with van der Waals surface area (Å²) in [5, 5.41) is 0.495. The molecule has 0 saturated carbocycles. The number of nitrogens with zero attached hydrogens (tertiary/aromatic N) is 1. The van der Waals surface area contributed by atoms with Crippen molar-refractivity contribution >= 4 is 44.3 Å². The molecule has 0 aliphatic heterocycles. The summed E-state index contributed by atoms with van der Waals surface area (Å²) in [6.07, 6.45) is 0. The maximum Gasteiger partial charge on any atom is 0.227 e. The maximum atomic E-state index is 6.02. The van der Waals surface area contributed by atoms with E-state index >= 15 is 0 Å². The number of benzene rings is 2. The highest BCUT2D eigenvalue weighted by Crippen LogP contribution is 2.32. The highest BCUT2D eigenvalue weighted by atomic mass is 79.9. The van der Waals surface area contributed by atoms with Gasteiger partial charge in [-0.2, -0.15) is 0 Å². The second kappa shape index (κ2) is 4.54. The van der Waals surface area contributed by atoms with Crippen LogP contribution in [0.15, 0.2) is 39.2 Å². The largest absolute Gasteiger partial charge is 0.435 e. The smallest absolute Gasteiger partial charge is 0.227 e. The third-order valence-electron chi connectivity index (χ3n) is 2.84. The molecule has 0 radical (unpaired) electrons. The second-order valence-electron chi connectivity index (χ2n) is 4.35. The van der Waals surface area contributed by atoms with Crippen molar-refractivity contribution in [3.8, 4) is 11.5 Å². The van der Waals surface area contributed by atoms with Crippen molar-refractivity contribution < 1.29 is 4.42 Å². The summed E-state index contributed by atoms with van der Waals surface area (Å²) in [7, 11) is 0. The Bertz CT molecular complexity index is 782. The Morgan fingerprint density at radius 1 is 1.26 bits per heavy atom. The Morgan fingerprint density at radius 3 is 2.79 bits per heavy atom. The Balaban J connectivity index is 2.20. The summed E-state index contributed by atoms with van der Waals surface area (Å²) >= 11 is 9.50. The van der Waals surface area contributed by atoms with Gasteiger partial charge in [0.1, 0.15) is 5.52 Å². The van der Waals surface area contributed by atoms with Crippen molar-refractivity contribution in [1.82, 2.24) is 4.98 Å². The number of fused-ring (bicyclic) bond motifs is 1.